The van der Waals surface area contributed by atoms with Gasteiger partial charge in [-0.2, -0.15) is 6.08 Å². The molecule has 1 radical (unpaired) electrons. The summed E-state index contributed by atoms with van der Waals surface area (Å²) < 4.78 is 0. The smallest absolute Gasteiger partial charge is 0 e. The van der Waals surface area contributed by atoms with Gasteiger partial charge in [-0.05, 0) is 62.3 Å². The quantitative estimate of drug-likeness (QED) is 0.327. The largest absolute Gasteiger partial charge is 0 e. The summed E-state index contributed by atoms with van der Waals surface area (Å²) in [4.78, 5) is 0. The van der Waals surface area contributed by atoms with Crippen LogP contribution in [0.2, 0.25) is 17.3 Å². The molecular formula is C20H44GeO3Zr-. The van der Waals surface area contributed by atoms with Gasteiger partial charge >= 0.3 is 31.6 Å². The third-order valence-corrected chi connectivity index (χ3v) is 0.586. The van der Waals surface area contributed by atoms with Crippen LogP contribution in [-0.2, 0) is 26.2 Å². The molecule has 3 N–H and O–H groups in total. The van der Waals surface area contributed by atoms with E-state index >= 15 is 0 Å². The molecule has 25 heavy (non-hydrogen) atoms. The molecule has 0 bridgehead atoms. The van der Waals surface area contributed by atoms with Gasteiger partial charge in [-0.15, -0.1) is 6.42 Å². The summed E-state index contributed by atoms with van der Waals surface area (Å²) in [5.41, 5.74) is -1.50. The minimum atomic E-state index is -0.500. The van der Waals surface area contributed by atoms with E-state index in [1.54, 1.807) is 62.3 Å². The number of rotatable bonds is 0. The first-order valence-electron chi connectivity index (χ1n) is 8.39. The number of aliphatic hydroxyl groups is 3. The van der Waals surface area contributed by atoms with Crippen molar-refractivity contribution in [3.05, 3.63) is 24.3 Å². The molecule has 0 atom stereocenters. The monoisotopic (exact) mass is 496 g/mol. The third kappa shape index (κ3) is 384. The maximum absolute atomic E-state index is 8.52. The van der Waals surface area contributed by atoms with Gasteiger partial charge in [0.05, 0.1) is 16.8 Å². The normalized spacial score (nSPS) is 12.2. The van der Waals surface area contributed by atoms with Crippen LogP contribution < -0.4 is 0 Å². The molecule has 0 fully saturated rings. The standard InChI is InChI=1S/C5H5.3C4H10O.C3H9Ge.Zr/c1-2-4-5-3-1;3*1-4(2,3)5;1-4(2)3;/h1-3H,4H2;3*5H,1-3H3;1-3H3;/q-1;;;;;. The summed E-state index contributed by atoms with van der Waals surface area (Å²) in [5.74, 6) is 7.00. The molecule has 1 aliphatic rings. The van der Waals surface area contributed by atoms with Crippen molar-refractivity contribution < 1.29 is 41.5 Å². The van der Waals surface area contributed by atoms with E-state index in [4.69, 9.17) is 15.3 Å². The summed E-state index contributed by atoms with van der Waals surface area (Å²) >= 11 is -0.333. The summed E-state index contributed by atoms with van der Waals surface area (Å²) in [6, 6.07) is 0. The van der Waals surface area contributed by atoms with Crippen molar-refractivity contribution in [1.82, 2.24) is 0 Å². The maximum atomic E-state index is 8.52. The Morgan fingerprint density at radius 3 is 0.960 bits per heavy atom. The van der Waals surface area contributed by atoms with E-state index in [1.807, 2.05) is 12.2 Å². The summed E-state index contributed by atoms with van der Waals surface area (Å²) in [7, 11) is 0. The van der Waals surface area contributed by atoms with E-state index < -0.39 is 16.8 Å². The predicted molar refractivity (Wildman–Crippen MR) is 111 cm³/mol. The van der Waals surface area contributed by atoms with Crippen LogP contribution in [-0.4, -0.2) is 46.5 Å². The van der Waals surface area contributed by atoms with Crippen molar-refractivity contribution in [2.24, 2.45) is 0 Å². The van der Waals surface area contributed by atoms with Gasteiger partial charge in [0.15, 0.2) is 0 Å². The van der Waals surface area contributed by atoms with Gasteiger partial charge in [0, 0.05) is 26.2 Å². The van der Waals surface area contributed by atoms with Crippen molar-refractivity contribution in [3.63, 3.8) is 0 Å². The minimum Gasteiger partial charge on any atom is 0 e. The van der Waals surface area contributed by atoms with Crippen LogP contribution in [0, 0.1) is 6.08 Å². The van der Waals surface area contributed by atoms with Gasteiger partial charge in [0.1, 0.15) is 0 Å². The van der Waals surface area contributed by atoms with Crippen LogP contribution in [0.4, 0.5) is 0 Å². The molecule has 151 valence electrons. The molecule has 0 aliphatic heterocycles. The van der Waals surface area contributed by atoms with E-state index in [0.717, 1.165) is 6.42 Å². The molecule has 1 aliphatic carbocycles. The fourth-order valence-electron chi connectivity index (χ4n) is 0.340. The minimum absolute atomic E-state index is 0. The Morgan fingerprint density at radius 2 is 0.920 bits per heavy atom. The molecule has 3 nitrogen and oxygen atoms in total. The van der Waals surface area contributed by atoms with Gasteiger partial charge in [-0.1, -0.05) is 0 Å². The van der Waals surface area contributed by atoms with E-state index in [9.17, 15) is 0 Å². The van der Waals surface area contributed by atoms with Gasteiger partial charge < -0.3 is 15.3 Å². The summed E-state index contributed by atoms with van der Waals surface area (Å²) in [6.07, 6.45) is 10.0. The molecule has 0 amide bonds. The Bertz CT molecular complexity index is 247. The zero-order valence-corrected chi connectivity index (χ0v) is 23.3. The zero-order valence-electron chi connectivity index (χ0n) is 18.8. The Balaban J connectivity index is -0.0000000662. The van der Waals surface area contributed by atoms with E-state index in [2.05, 4.69) is 29.4 Å². The molecule has 0 saturated carbocycles. The topological polar surface area (TPSA) is 60.7 Å². The predicted octanol–water partition coefficient (Wildman–Crippen LogP) is 5.01. The molecule has 0 heterocycles. The van der Waals surface area contributed by atoms with Crippen LogP contribution in [0.3, 0.4) is 0 Å². The fourth-order valence-corrected chi connectivity index (χ4v) is 0.340. The van der Waals surface area contributed by atoms with Crippen LogP contribution in [0.5, 0.6) is 0 Å². The van der Waals surface area contributed by atoms with Crippen LogP contribution >= 0.6 is 0 Å². The molecule has 0 spiro atoms. The Kier molecular flexibility index (Phi) is 28.7. The van der Waals surface area contributed by atoms with Crippen molar-refractivity contribution >= 4 is 14.3 Å². The third-order valence-electron chi connectivity index (χ3n) is 0.586. The average molecular weight is 496 g/mol. The Morgan fingerprint density at radius 1 is 0.720 bits per heavy atom. The molecule has 0 aromatic heterocycles. The number of hydrogen-bond acceptors (Lipinski definition) is 3. The zero-order chi connectivity index (χ0) is 20.6. The van der Waals surface area contributed by atoms with Crippen LogP contribution in [0.1, 0.15) is 68.7 Å². The van der Waals surface area contributed by atoms with Gasteiger partial charge in [-0.3, -0.25) is 6.08 Å². The van der Waals surface area contributed by atoms with E-state index in [1.165, 1.54) is 0 Å². The molecule has 5 heteroatoms. The molecule has 0 unspecified atom stereocenters. The second-order valence-corrected chi connectivity index (χ2v) is 15.3. The second kappa shape index (κ2) is 19.5. The summed E-state index contributed by atoms with van der Waals surface area (Å²) in [6.45, 7) is 15.7. The Hall–Kier alpha value is 0.786. The first-order valence-corrected chi connectivity index (χ1v) is 14.7. The first-order chi connectivity index (χ1) is 10.2. The van der Waals surface area contributed by atoms with E-state index in [-0.39, 0.29) is 40.6 Å². The maximum Gasteiger partial charge on any atom is 0 e. The number of hydrogen-bond donors (Lipinski definition) is 3. The van der Waals surface area contributed by atoms with Crippen molar-refractivity contribution in [2.75, 3.05) is 0 Å². The van der Waals surface area contributed by atoms with Gasteiger partial charge in [0.2, 0.25) is 0 Å². The fraction of sp³-hybridized carbons (Fsp3) is 0.800. The molecule has 1 rings (SSSR count). The van der Waals surface area contributed by atoms with Crippen LogP contribution in [0.15, 0.2) is 18.2 Å². The molecule has 0 aromatic rings. The van der Waals surface area contributed by atoms with Crippen molar-refractivity contribution in [3.8, 4) is 0 Å². The van der Waals surface area contributed by atoms with Crippen LogP contribution in [0.25, 0.3) is 0 Å². The van der Waals surface area contributed by atoms with Crippen molar-refractivity contribution in [1.29, 1.82) is 0 Å². The number of allylic oxidation sites excluding steroid dienone is 4. The van der Waals surface area contributed by atoms with E-state index in [0.29, 0.717) is 0 Å². The molecule has 0 aromatic carbocycles. The first kappa shape index (κ1) is 36.7. The molecule has 0 saturated heterocycles. The Labute approximate surface area is 182 Å². The molecular weight excluding hydrogens is 452 g/mol. The average Bonchev–Trinajstić information content (AvgIpc) is 2.61. The van der Waals surface area contributed by atoms with Crippen molar-refractivity contribution in [2.45, 2.75) is 103 Å². The van der Waals surface area contributed by atoms with Gasteiger partial charge in [-0.25, -0.2) is 12.2 Å². The SMILES string of the molecule is CC(C)(C)O.CC(C)(C)O.CC(C)(C)O.[C-]1=CC=CC1.[CH3][Ge]([CH3])[CH3].[Zr]. The summed E-state index contributed by atoms with van der Waals surface area (Å²) in [5, 5.41) is 25.6. The van der Waals surface area contributed by atoms with Gasteiger partial charge in [0.25, 0.3) is 0 Å². The second-order valence-electron chi connectivity index (χ2n) is 9.02.